The average molecular weight is 862 g/mol. The van der Waals surface area contributed by atoms with Crippen LogP contribution in [0.15, 0.2) is 11.6 Å². The number of aliphatic carboxylic acids is 3. The number of ether oxygens (including phenoxy) is 4. The molecule has 1 radical (unpaired) electrons. The standard InChI is InChI=1S/C42H62O16.K/c1-37(2)21-8-11-42(7)31(20(43)16-18-19-17-39(4,36(53)54)13-12-38(19,3)14-15-41(18,42)6)40(21,5)10-9-22(37)55-35-30(26(47)25(46)29(57-35)33(51)52)58-34-27(48)23(44)24(45)28(56-34)32(49)50;/h16,19,21-31,34-35,44-48H,8-15,17H2,1-7H3,(H,49,50)(H,51,52)(H,53,54);/t19-,21-,22-,23-,24-,25-,26-,27+,28-,29-,30+,31+,34-,35-,38+,39-,40-,41+,42+;/m0./s1. The van der Waals surface area contributed by atoms with Crippen LogP contribution in [0.3, 0.4) is 0 Å². The number of fused-ring (bicyclic) bond motifs is 7. The van der Waals surface area contributed by atoms with E-state index in [-0.39, 0.29) is 85.8 Å². The van der Waals surface area contributed by atoms with Crippen LogP contribution in [-0.2, 0) is 38.1 Å². The minimum Gasteiger partial charge on any atom is -0.481 e. The molecule has 5 aliphatic carbocycles. The fraction of sp³-hybridized carbons (Fsp3) is 0.857. The van der Waals surface area contributed by atoms with Crippen molar-refractivity contribution >= 4 is 75.1 Å². The quantitative estimate of drug-likeness (QED) is 0.134. The zero-order chi connectivity index (χ0) is 42.9. The molecule has 19 atom stereocenters. The zero-order valence-corrected chi connectivity index (χ0v) is 38.5. The number of carbonyl (C=O) groups is 4. The topological polar surface area (TPSA) is 267 Å². The molecule has 2 saturated heterocycles. The third-order valence-corrected chi connectivity index (χ3v) is 17.2. The molecule has 7 aliphatic rings. The number of carbonyl (C=O) groups excluding carboxylic acids is 1. The summed E-state index contributed by atoms with van der Waals surface area (Å²) in [7, 11) is 0. The minimum atomic E-state index is -2.05. The van der Waals surface area contributed by atoms with Gasteiger partial charge in [0, 0.05) is 57.3 Å². The van der Waals surface area contributed by atoms with E-state index in [0.717, 1.165) is 37.7 Å². The number of aliphatic hydroxyl groups is 5. The van der Waals surface area contributed by atoms with Crippen molar-refractivity contribution in [1.82, 2.24) is 0 Å². The van der Waals surface area contributed by atoms with Crippen LogP contribution in [0.5, 0.6) is 0 Å². The van der Waals surface area contributed by atoms with Crippen LogP contribution < -0.4 is 0 Å². The van der Waals surface area contributed by atoms with Gasteiger partial charge in [0.25, 0.3) is 0 Å². The van der Waals surface area contributed by atoms with Gasteiger partial charge in [-0.1, -0.05) is 47.1 Å². The summed E-state index contributed by atoms with van der Waals surface area (Å²) in [6, 6.07) is 0. The molecule has 4 saturated carbocycles. The molecule has 0 aromatic rings. The summed E-state index contributed by atoms with van der Waals surface area (Å²) in [5, 5.41) is 83.0. The molecule has 0 aromatic heterocycles. The zero-order valence-electron chi connectivity index (χ0n) is 35.4. The molecule has 0 aromatic carbocycles. The molecule has 0 bridgehead atoms. The molecule has 0 amide bonds. The van der Waals surface area contributed by atoms with E-state index in [2.05, 4.69) is 27.7 Å². The monoisotopic (exact) mass is 861 g/mol. The van der Waals surface area contributed by atoms with Crippen molar-refractivity contribution in [2.75, 3.05) is 0 Å². The second-order valence-corrected chi connectivity index (χ2v) is 20.6. The first kappa shape index (κ1) is 47.6. The number of hydrogen-bond acceptors (Lipinski definition) is 13. The molecule has 7 rings (SSSR count). The van der Waals surface area contributed by atoms with Crippen molar-refractivity contribution in [3.8, 4) is 0 Å². The Hall–Kier alpha value is -0.904. The largest absolute Gasteiger partial charge is 0.481 e. The van der Waals surface area contributed by atoms with E-state index in [4.69, 9.17) is 18.9 Å². The average Bonchev–Trinajstić information content (AvgIpc) is 3.13. The first-order valence-electron chi connectivity index (χ1n) is 20.7. The minimum absolute atomic E-state index is 0. The fourth-order valence-corrected chi connectivity index (χ4v) is 13.4. The number of hydrogen-bond donors (Lipinski definition) is 8. The van der Waals surface area contributed by atoms with Crippen LogP contribution in [0.1, 0.15) is 106 Å². The predicted molar refractivity (Wildman–Crippen MR) is 205 cm³/mol. The van der Waals surface area contributed by atoms with E-state index in [9.17, 15) is 60.0 Å². The summed E-state index contributed by atoms with van der Waals surface area (Å²) >= 11 is 0. The van der Waals surface area contributed by atoms with Crippen molar-refractivity contribution < 1.29 is 79.0 Å². The van der Waals surface area contributed by atoms with Gasteiger partial charge < -0.3 is 59.8 Å². The van der Waals surface area contributed by atoms with Crippen molar-refractivity contribution in [2.24, 2.45) is 50.2 Å². The summed E-state index contributed by atoms with van der Waals surface area (Å²) in [4.78, 5) is 51.3. The van der Waals surface area contributed by atoms with Gasteiger partial charge in [-0.25, -0.2) is 9.59 Å². The van der Waals surface area contributed by atoms with Gasteiger partial charge in [0.2, 0.25) is 0 Å². The van der Waals surface area contributed by atoms with Gasteiger partial charge in [0.15, 0.2) is 30.6 Å². The Labute approximate surface area is 386 Å². The van der Waals surface area contributed by atoms with Gasteiger partial charge in [-0.3, -0.25) is 9.59 Å². The Balaban J connectivity index is 0.00000585. The summed E-state index contributed by atoms with van der Waals surface area (Å²) in [5.74, 6) is -4.47. The van der Waals surface area contributed by atoms with Crippen molar-refractivity contribution in [2.45, 2.75) is 174 Å². The second-order valence-electron chi connectivity index (χ2n) is 20.6. The number of allylic oxidation sites excluding steroid dienone is 2. The number of carboxylic acid groups (broad SMARTS) is 3. The van der Waals surface area contributed by atoms with Crippen molar-refractivity contribution in [3.63, 3.8) is 0 Å². The van der Waals surface area contributed by atoms with Crippen LogP contribution in [0, 0.1) is 50.2 Å². The summed E-state index contributed by atoms with van der Waals surface area (Å²) in [6.45, 7) is 14.8. The van der Waals surface area contributed by atoms with Gasteiger partial charge in [-0.05, 0) is 110 Å². The van der Waals surface area contributed by atoms with Crippen molar-refractivity contribution in [3.05, 3.63) is 11.6 Å². The van der Waals surface area contributed by atoms with E-state index < -0.39 is 107 Å². The van der Waals surface area contributed by atoms with Gasteiger partial charge in [-0.2, -0.15) is 0 Å². The molecule has 8 N–H and O–H groups in total. The molecule has 17 heteroatoms. The molecular weight excluding hydrogens is 800 g/mol. The molecular formula is C42H62KO16. The van der Waals surface area contributed by atoms with E-state index in [0.29, 0.717) is 25.7 Å². The first-order chi connectivity index (χ1) is 26.8. The molecule has 16 nitrogen and oxygen atoms in total. The maximum Gasteiger partial charge on any atom is 0.335 e. The second kappa shape index (κ2) is 16.0. The smallest absolute Gasteiger partial charge is 0.335 e. The molecule has 6 fully saturated rings. The normalized spacial score (nSPS) is 51.7. The molecule has 59 heavy (non-hydrogen) atoms. The van der Waals surface area contributed by atoms with Crippen LogP contribution in [0.2, 0.25) is 0 Å². The van der Waals surface area contributed by atoms with Crippen LogP contribution >= 0.6 is 0 Å². The van der Waals surface area contributed by atoms with Gasteiger partial charge in [0.1, 0.15) is 36.6 Å². The summed E-state index contributed by atoms with van der Waals surface area (Å²) in [6.07, 6.45) is -12.2. The molecule has 2 heterocycles. The van der Waals surface area contributed by atoms with Crippen LogP contribution in [-0.4, -0.2) is 183 Å². The Morgan fingerprint density at radius 1 is 0.695 bits per heavy atom. The number of ketones is 1. The van der Waals surface area contributed by atoms with E-state index >= 15 is 0 Å². The molecule has 0 unspecified atom stereocenters. The van der Waals surface area contributed by atoms with Crippen molar-refractivity contribution in [1.29, 1.82) is 0 Å². The van der Waals surface area contributed by atoms with Crippen LogP contribution in [0.4, 0.5) is 0 Å². The Morgan fingerprint density at radius 3 is 1.86 bits per heavy atom. The number of rotatable bonds is 7. The molecule has 327 valence electrons. The van der Waals surface area contributed by atoms with Gasteiger partial charge in [-0.15, -0.1) is 0 Å². The van der Waals surface area contributed by atoms with E-state index in [1.807, 2.05) is 26.8 Å². The molecule has 2 aliphatic heterocycles. The van der Waals surface area contributed by atoms with E-state index in [1.54, 1.807) is 0 Å². The maximum atomic E-state index is 14.8. The third-order valence-electron chi connectivity index (χ3n) is 17.2. The van der Waals surface area contributed by atoms with Crippen LogP contribution in [0.25, 0.3) is 0 Å². The summed E-state index contributed by atoms with van der Waals surface area (Å²) < 4.78 is 23.4. The Morgan fingerprint density at radius 2 is 1.27 bits per heavy atom. The maximum absolute atomic E-state index is 14.8. The Kier molecular flexibility index (Phi) is 12.9. The number of aliphatic hydroxyl groups excluding tert-OH is 5. The third kappa shape index (κ3) is 7.21. The van der Waals surface area contributed by atoms with E-state index in [1.165, 1.54) is 0 Å². The van der Waals surface area contributed by atoms with Gasteiger partial charge >= 0.3 is 17.9 Å². The first-order valence-corrected chi connectivity index (χ1v) is 20.7. The number of carboxylic acids is 3. The van der Waals surface area contributed by atoms with Gasteiger partial charge in [0.05, 0.1) is 11.5 Å². The summed E-state index contributed by atoms with van der Waals surface area (Å²) in [5.41, 5.74) is -1.81. The SMILES string of the molecule is CC1(C)[C@@H](O[C@H]2O[C@H](C(=O)O)[C@@H](O)[C@H](O)[C@H]2O[C@@H]2O[C@H](C(=O)O)[C@@H](O)[C@H](O)[C@H]2O)CC[C@]2(C)[C@H]3C(=O)C=C4[C@@H]5C[C@@](C)(C(=O)O)CC[C@]5(C)CC[C@@]4(C)[C@]3(C)CC[C@@H]12.[K]. The molecule has 0 spiro atoms. The predicted octanol–water partition coefficient (Wildman–Crippen LogP) is 1.86. The Bertz CT molecular complexity index is 1740. The fourth-order valence-electron chi connectivity index (χ4n) is 13.4.